The third kappa shape index (κ3) is 1.59. The molecule has 1 unspecified atom stereocenters. The highest BCUT2D eigenvalue weighted by atomic mass is 16.3. The SMILES string of the molecule is Cc1cc2occ(C)c2c2c1CCC(C)(O)C2. The first-order valence-corrected chi connectivity index (χ1v) is 6.19. The lowest BCUT2D eigenvalue weighted by Gasteiger charge is -2.31. The second-order valence-electron chi connectivity index (χ2n) is 5.62. The largest absolute Gasteiger partial charge is 0.464 e. The maximum atomic E-state index is 10.3. The molecule has 0 fully saturated rings. The van der Waals surface area contributed by atoms with Crippen molar-refractivity contribution in [3.63, 3.8) is 0 Å². The molecule has 2 aromatic rings. The number of hydrogen-bond donors (Lipinski definition) is 1. The third-order valence-electron chi connectivity index (χ3n) is 3.96. The van der Waals surface area contributed by atoms with E-state index < -0.39 is 5.60 Å². The Bertz CT molecular complexity index is 590. The molecule has 1 aromatic carbocycles. The highest BCUT2D eigenvalue weighted by Crippen LogP contribution is 2.37. The van der Waals surface area contributed by atoms with Crippen LogP contribution in [-0.2, 0) is 12.8 Å². The van der Waals surface area contributed by atoms with E-state index in [-0.39, 0.29) is 0 Å². The maximum absolute atomic E-state index is 10.3. The lowest BCUT2D eigenvalue weighted by atomic mass is 9.78. The van der Waals surface area contributed by atoms with E-state index in [4.69, 9.17) is 4.42 Å². The van der Waals surface area contributed by atoms with E-state index in [1.54, 1.807) is 0 Å². The Morgan fingerprint density at radius 3 is 2.76 bits per heavy atom. The number of hydrogen-bond acceptors (Lipinski definition) is 2. The van der Waals surface area contributed by atoms with Crippen molar-refractivity contribution in [3.8, 4) is 0 Å². The molecule has 1 N–H and O–H groups in total. The molecule has 0 amide bonds. The van der Waals surface area contributed by atoms with Crippen LogP contribution in [0.3, 0.4) is 0 Å². The Kier molecular flexibility index (Phi) is 2.14. The Hall–Kier alpha value is -1.28. The van der Waals surface area contributed by atoms with Gasteiger partial charge in [0.25, 0.3) is 0 Å². The van der Waals surface area contributed by atoms with E-state index in [1.807, 2.05) is 13.2 Å². The molecular formula is C15H18O2. The zero-order valence-corrected chi connectivity index (χ0v) is 10.6. The zero-order valence-electron chi connectivity index (χ0n) is 10.6. The van der Waals surface area contributed by atoms with Crippen molar-refractivity contribution in [2.45, 2.75) is 45.6 Å². The van der Waals surface area contributed by atoms with Gasteiger partial charge in [-0.3, -0.25) is 0 Å². The first kappa shape index (κ1) is 10.8. The molecule has 0 saturated carbocycles. The summed E-state index contributed by atoms with van der Waals surface area (Å²) in [5.41, 5.74) is 5.55. The summed E-state index contributed by atoms with van der Waals surface area (Å²) >= 11 is 0. The minimum absolute atomic E-state index is 0.572. The van der Waals surface area contributed by atoms with Gasteiger partial charge < -0.3 is 9.52 Å². The van der Waals surface area contributed by atoms with Crippen molar-refractivity contribution in [3.05, 3.63) is 34.6 Å². The molecule has 0 aliphatic heterocycles. The highest BCUT2D eigenvalue weighted by molar-refractivity contribution is 5.87. The van der Waals surface area contributed by atoms with Gasteiger partial charge in [0.2, 0.25) is 0 Å². The number of benzene rings is 1. The Morgan fingerprint density at radius 1 is 1.24 bits per heavy atom. The average molecular weight is 230 g/mol. The second-order valence-corrected chi connectivity index (χ2v) is 5.62. The molecule has 1 aliphatic rings. The topological polar surface area (TPSA) is 33.4 Å². The molecule has 1 aliphatic carbocycles. The molecule has 2 heteroatoms. The third-order valence-corrected chi connectivity index (χ3v) is 3.96. The van der Waals surface area contributed by atoms with Crippen LogP contribution in [0.1, 0.15) is 35.6 Å². The van der Waals surface area contributed by atoms with Crippen LogP contribution in [0.2, 0.25) is 0 Å². The van der Waals surface area contributed by atoms with Crippen LogP contribution in [0.4, 0.5) is 0 Å². The summed E-state index contributed by atoms with van der Waals surface area (Å²) in [5, 5.41) is 11.5. The Morgan fingerprint density at radius 2 is 2.00 bits per heavy atom. The number of furan rings is 1. The smallest absolute Gasteiger partial charge is 0.134 e. The molecule has 17 heavy (non-hydrogen) atoms. The van der Waals surface area contributed by atoms with E-state index in [1.165, 1.54) is 27.6 Å². The van der Waals surface area contributed by atoms with Crippen LogP contribution in [0.25, 0.3) is 11.0 Å². The standard InChI is InChI=1S/C15H18O2/c1-9-6-13-14(10(2)8-17-13)12-7-15(3,16)5-4-11(9)12/h6,8,16H,4-5,7H2,1-3H3. The van der Waals surface area contributed by atoms with E-state index in [0.717, 1.165) is 24.8 Å². The minimum Gasteiger partial charge on any atom is -0.464 e. The lowest BCUT2D eigenvalue weighted by molar-refractivity contribution is 0.0462. The molecule has 0 bridgehead atoms. The van der Waals surface area contributed by atoms with Gasteiger partial charge in [0.15, 0.2) is 0 Å². The summed E-state index contributed by atoms with van der Waals surface area (Å²) in [6.45, 7) is 6.14. The van der Waals surface area contributed by atoms with Crippen molar-refractivity contribution in [2.75, 3.05) is 0 Å². The Labute approximate surface area is 101 Å². The van der Waals surface area contributed by atoms with E-state index in [0.29, 0.717) is 0 Å². The van der Waals surface area contributed by atoms with Crippen LogP contribution < -0.4 is 0 Å². The van der Waals surface area contributed by atoms with E-state index in [2.05, 4.69) is 19.9 Å². The van der Waals surface area contributed by atoms with Crippen molar-refractivity contribution >= 4 is 11.0 Å². The molecule has 1 aromatic heterocycles. The van der Waals surface area contributed by atoms with Crippen LogP contribution in [0, 0.1) is 13.8 Å². The normalized spacial score (nSPS) is 24.0. The van der Waals surface area contributed by atoms with Gasteiger partial charge in [-0.05, 0) is 61.9 Å². The second kappa shape index (κ2) is 3.36. The number of fused-ring (bicyclic) bond motifs is 3. The van der Waals surface area contributed by atoms with Crippen molar-refractivity contribution in [1.29, 1.82) is 0 Å². The fourth-order valence-electron chi connectivity index (χ4n) is 3.04. The number of aryl methyl sites for hydroxylation is 2. The summed E-state index contributed by atoms with van der Waals surface area (Å²) in [6.07, 6.45) is 4.37. The van der Waals surface area contributed by atoms with Gasteiger partial charge in [0.05, 0.1) is 11.9 Å². The molecule has 0 radical (unpaired) electrons. The molecule has 0 spiro atoms. The molecule has 1 heterocycles. The lowest BCUT2D eigenvalue weighted by Crippen LogP contribution is -2.32. The molecule has 90 valence electrons. The van der Waals surface area contributed by atoms with Crippen LogP contribution >= 0.6 is 0 Å². The monoisotopic (exact) mass is 230 g/mol. The van der Waals surface area contributed by atoms with Gasteiger partial charge in [-0.1, -0.05) is 0 Å². The molecule has 0 saturated heterocycles. The minimum atomic E-state index is -0.572. The first-order chi connectivity index (χ1) is 7.98. The molecule has 3 rings (SSSR count). The summed E-state index contributed by atoms with van der Waals surface area (Å²) < 4.78 is 5.58. The van der Waals surface area contributed by atoms with Crippen LogP contribution in [0.5, 0.6) is 0 Å². The predicted octanol–water partition coefficient (Wildman–Crippen LogP) is 3.29. The fraction of sp³-hybridized carbons (Fsp3) is 0.467. The van der Waals surface area contributed by atoms with E-state index in [9.17, 15) is 5.11 Å². The van der Waals surface area contributed by atoms with E-state index >= 15 is 0 Å². The van der Waals surface area contributed by atoms with Gasteiger partial charge in [-0.25, -0.2) is 0 Å². The van der Waals surface area contributed by atoms with Crippen molar-refractivity contribution in [2.24, 2.45) is 0 Å². The number of rotatable bonds is 0. The van der Waals surface area contributed by atoms with Crippen molar-refractivity contribution in [1.82, 2.24) is 0 Å². The van der Waals surface area contributed by atoms with Gasteiger partial charge in [-0.15, -0.1) is 0 Å². The van der Waals surface area contributed by atoms with Gasteiger partial charge in [-0.2, -0.15) is 0 Å². The highest BCUT2D eigenvalue weighted by Gasteiger charge is 2.30. The van der Waals surface area contributed by atoms with Crippen LogP contribution in [-0.4, -0.2) is 10.7 Å². The van der Waals surface area contributed by atoms with Crippen LogP contribution in [0.15, 0.2) is 16.7 Å². The van der Waals surface area contributed by atoms with Gasteiger partial charge >= 0.3 is 0 Å². The van der Waals surface area contributed by atoms with Gasteiger partial charge in [0.1, 0.15) is 5.58 Å². The molecule has 1 atom stereocenters. The first-order valence-electron chi connectivity index (χ1n) is 6.19. The molecular weight excluding hydrogens is 212 g/mol. The average Bonchev–Trinajstić information content (AvgIpc) is 2.58. The van der Waals surface area contributed by atoms with Crippen molar-refractivity contribution < 1.29 is 9.52 Å². The Balaban J connectivity index is 2.34. The summed E-state index contributed by atoms with van der Waals surface area (Å²) in [4.78, 5) is 0. The predicted molar refractivity (Wildman–Crippen MR) is 68.3 cm³/mol. The summed E-state index contributed by atoms with van der Waals surface area (Å²) in [7, 11) is 0. The molecule has 2 nitrogen and oxygen atoms in total. The maximum Gasteiger partial charge on any atom is 0.134 e. The quantitative estimate of drug-likeness (QED) is 0.753. The summed E-state index contributed by atoms with van der Waals surface area (Å²) in [6, 6.07) is 2.13. The zero-order chi connectivity index (χ0) is 12.2. The number of aliphatic hydroxyl groups is 1. The summed E-state index contributed by atoms with van der Waals surface area (Å²) in [5.74, 6) is 0. The fourth-order valence-corrected chi connectivity index (χ4v) is 3.04. The van der Waals surface area contributed by atoms with Gasteiger partial charge in [0, 0.05) is 11.8 Å².